The van der Waals surface area contributed by atoms with Crippen LogP contribution in [0.3, 0.4) is 0 Å². The second kappa shape index (κ2) is 6.21. The first-order valence-electron chi connectivity index (χ1n) is 5.90. The van der Waals surface area contributed by atoms with Gasteiger partial charge in [-0.1, -0.05) is 6.07 Å². The molecule has 1 heterocycles. The average molecular weight is 339 g/mol. The lowest BCUT2D eigenvalue weighted by atomic mass is 10.1. The predicted octanol–water partition coefficient (Wildman–Crippen LogP) is 3.79. The first kappa shape index (κ1) is 14.1. The number of hydrogen-bond acceptors (Lipinski definition) is 3. The Balaban J connectivity index is 2.14. The lowest BCUT2D eigenvalue weighted by Gasteiger charge is -2.12. The van der Waals surface area contributed by atoms with Crippen molar-refractivity contribution in [2.75, 3.05) is 12.4 Å². The number of anilines is 1. The van der Waals surface area contributed by atoms with E-state index < -0.39 is 0 Å². The maximum atomic E-state index is 11.7. The third kappa shape index (κ3) is 3.36. The molecule has 0 aliphatic carbocycles. The Morgan fingerprint density at radius 2 is 2.21 bits per heavy atom. The molecule has 1 amide bonds. The van der Waals surface area contributed by atoms with E-state index in [1.54, 1.807) is 18.4 Å². The van der Waals surface area contributed by atoms with Crippen molar-refractivity contribution < 1.29 is 4.79 Å². The molecule has 0 bridgehead atoms. The van der Waals surface area contributed by atoms with Gasteiger partial charge in [-0.05, 0) is 46.6 Å². The molecule has 0 atom stereocenters. The Bertz CT molecular complexity index is 595. The van der Waals surface area contributed by atoms with Gasteiger partial charge in [0.1, 0.15) is 0 Å². The number of benzene rings is 1. The van der Waals surface area contributed by atoms with Crippen molar-refractivity contribution in [3.8, 4) is 0 Å². The van der Waals surface area contributed by atoms with E-state index in [9.17, 15) is 4.79 Å². The largest absolute Gasteiger partial charge is 0.380 e. The van der Waals surface area contributed by atoms with Gasteiger partial charge in [-0.15, -0.1) is 11.3 Å². The van der Waals surface area contributed by atoms with Crippen molar-refractivity contribution in [3.05, 3.63) is 50.1 Å². The number of rotatable bonds is 4. The van der Waals surface area contributed by atoms with Crippen molar-refractivity contribution in [3.63, 3.8) is 0 Å². The number of thiophene rings is 1. The van der Waals surface area contributed by atoms with E-state index in [2.05, 4.69) is 38.0 Å². The Morgan fingerprint density at radius 3 is 2.84 bits per heavy atom. The van der Waals surface area contributed by atoms with E-state index in [1.807, 2.05) is 25.1 Å². The summed E-state index contributed by atoms with van der Waals surface area (Å²) in [7, 11) is 1.64. The number of amides is 1. The molecule has 0 fully saturated rings. The third-order valence-corrected chi connectivity index (χ3v) is 4.58. The molecule has 0 saturated carbocycles. The van der Waals surface area contributed by atoms with Gasteiger partial charge in [-0.25, -0.2) is 0 Å². The fourth-order valence-corrected chi connectivity index (χ4v) is 3.23. The quantitative estimate of drug-likeness (QED) is 0.890. The molecule has 0 unspecified atom stereocenters. The number of carbonyl (C=O) groups excluding carboxylic acids is 1. The minimum atomic E-state index is -0.0555. The van der Waals surface area contributed by atoms with Crippen LogP contribution in [0.4, 0.5) is 5.69 Å². The SMILES string of the molecule is CNC(=O)c1cccc(NCc2cc(Br)cs2)c1C. The number of halogens is 1. The summed E-state index contributed by atoms with van der Waals surface area (Å²) in [6.45, 7) is 2.71. The molecule has 1 aromatic heterocycles. The van der Waals surface area contributed by atoms with Gasteiger partial charge in [0, 0.05) is 39.6 Å². The highest BCUT2D eigenvalue weighted by atomic mass is 79.9. The fraction of sp³-hybridized carbons (Fsp3) is 0.214. The topological polar surface area (TPSA) is 41.1 Å². The molecule has 0 spiro atoms. The maximum absolute atomic E-state index is 11.7. The lowest BCUT2D eigenvalue weighted by molar-refractivity contribution is 0.0962. The first-order valence-corrected chi connectivity index (χ1v) is 7.57. The first-order chi connectivity index (χ1) is 9.11. The summed E-state index contributed by atoms with van der Waals surface area (Å²) in [4.78, 5) is 13.0. The molecule has 0 saturated heterocycles. The minimum Gasteiger partial charge on any atom is -0.380 e. The van der Waals surface area contributed by atoms with Gasteiger partial charge in [0.25, 0.3) is 5.91 Å². The molecule has 0 aliphatic rings. The summed E-state index contributed by atoms with van der Waals surface area (Å²) in [6, 6.07) is 7.81. The van der Waals surface area contributed by atoms with Gasteiger partial charge in [0.2, 0.25) is 0 Å². The normalized spacial score (nSPS) is 10.3. The minimum absolute atomic E-state index is 0.0555. The zero-order valence-corrected chi connectivity index (χ0v) is 13.2. The van der Waals surface area contributed by atoms with E-state index in [0.717, 1.165) is 22.3 Å². The Labute approximate surface area is 125 Å². The summed E-state index contributed by atoms with van der Waals surface area (Å²) >= 11 is 5.14. The van der Waals surface area contributed by atoms with Crippen molar-refractivity contribution >= 4 is 38.9 Å². The second-order valence-electron chi connectivity index (χ2n) is 4.14. The van der Waals surface area contributed by atoms with Crippen LogP contribution in [-0.2, 0) is 6.54 Å². The molecule has 3 nitrogen and oxygen atoms in total. The van der Waals surface area contributed by atoms with Crippen LogP contribution < -0.4 is 10.6 Å². The van der Waals surface area contributed by atoms with Gasteiger partial charge < -0.3 is 10.6 Å². The zero-order chi connectivity index (χ0) is 13.8. The second-order valence-corrected chi connectivity index (χ2v) is 6.05. The monoisotopic (exact) mass is 338 g/mol. The molecule has 1 aromatic carbocycles. The smallest absolute Gasteiger partial charge is 0.251 e. The molecule has 2 rings (SSSR count). The van der Waals surface area contributed by atoms with Gasteiger partial charge in [-0.2, -0.15) is 0 Å². The standard InChI is InChI=1S/C14H15BrN2OS/c1-9-12(14(18)16-2)4-3-5-13(9)17-7-11-6-10(15)8-19-11/h3-6,8,17H,7H2,1-2H3,(H,16,18). The fourth-order valence-electron chi connectivity index (χ4n) is 1.84. The van der Waals surface area contributed by atoms with Crippen molar-refractivity contribution in [1.82, 2.24) is 5.32 Å². The third-order valence-electron chi connectivity index (χ3n) is 2.88. The van der Waals surface area contributed by atoms with Gasteiger partial charge in [0.05, 0.1) is 0 Å². The van der Waals surface area contributed by atoms with Crippen LogP contribution in [0.1, 0.15) is 20.8 Å². The molecular formula is C14H15BrN2OS. The molecule has 0 aliphatic heterocycles. The highest BCUT2D eigenvalue weighted by molar-refractivity contribution is 9.10. The van der Waals surface area contributed by atoms with E-state index in [4.69, 9.17) is 0 Å². The van der Waals surface area contributed by atoms with E-state index >= 15 is 0 Å². The Morgan fingerprint density at radius 1 is 1.42 bits per heavy atom. The summed E-state index contributed by atoms with van der Waals surface area (Å²) < 4.78 is 1.10. The predicted molar refractivity (Wildman–Crippen MR) is 83.9 cm³/mol. The summed E-state index contributed by atoms with van der Waals surface area (Å²) in [5.74, 6) is -0.0555. The highest BCUT2D eigenvalue weighted by Gasteiger charge is 2.09. The molecule has 2 N–H and O–H groups in total. The van der Waals surface area contributed by atoms with Crippen molar-refractivity contribution in [2.45, 2.75) is 13.5 Å². The van der Waals surface area contributed by atoms with Crippen molar-refractivity contribution in [1.29, 1.82) is 0 Å². The molecule has 100 valence electrons. The molecule has 5 heteroatoms. The summed E-state index contributed by atoms with van der Waals surface area (Å²) in [5.41, 5.74) is 2.67. The Hall–Kier alpha value is -1.33. The summed E-state index contributed by atoms with van der Waals surface area (Å²) in [5, 5.41) is 8.09. The Kier molecular flexibility index (Phi) is 4.61. The van der Waals surface area contributed by atoms with Crippen LogP contribution in [0, 0.1) is 6.92 Å². The molecule has 19 heavy (non-hydrogen) atoms. The van der Waals surface area contributed by atoms with Crippen molar-refractivity contribution in [2.24, 2.45) is 0 Å². The molecular weight excluding hydrogens is 324 g/mol. The highest BCUT2D eigenvalue weighted by Crippen LogP contribution is 2.23. The van der Waals surface area contributed by atoms with Crippen LogP contribution >= 0.6 is 27.3 Å². The van der Waals surface area contributed by atoms with Gasteiger partial charge in [-0.3, -0.25) is 4.79 Å². The van der Waals surface area contributed by atoms with E-state index in [1.165, 1.54) is 4.88 Å². The maximum Gasteiger partial charge on any atom is 0.251 e. The number of hydrogen-bond donors (Lipinski definition) is 2. The van der Waals surface area contributed by atoms with Crippen LogP contribution in [0.5, 0.6) is 0 Å². The van der Waals surface area contributed by atoms with Gasteiger partial charge in [0.15, 0.2) is 0 Å². The van der Waals surface area contributed by atoms with Crippen LogP contribution in [0.2, 0.25) is 0 Å². The number of nitrogens with one attached hydrogen (secondary N) is 2. The van der Waals surface area contributed by atoms with Gasteiger partial charge >= 0.3 is 0 Å². The molecule has 0 radical (unpaired) electrons. The molecule has 2 aromatic rings. The van der Waals surface area contributed by atoms with E-state index in [0.29, 0.717) is 5.56 Å². The average Bonchev–Trinajstić information content (AvgIpc) is 2.82. The van der Waals surface area contributed by atoms with Crippen LogP contribution in [-0.4, -0.2) is 13.0 Å². The van der Waals surface area contributed by atoms with Crippen LogP contribution in [0.25, 0.3) is 0 Å². The number of carbonyl (C=O) groups is 1. The van der Waals surface area contributed by atoms with Crippen LogP contribution in [0.15, 0.2) is 34.1 Å². The summed E-state index contributed by atoms with van der Waals surface area (Å²) in [6.07, 6.45) is 0. The van der Waals surface area contributed by atoms with E-state index in [-0.39, 0.29) is 5.91 Å². The zero-order valence-electron chi connectivity index (χ0n) is 10.8. The lowest BCUT2D eigenvalue weighted by Crippen LogP contribution is -2.19.